The molecule has 1 aromatic heterocycles. The molecule has 94 valence electrons. The highest BCUT2D eigenvalue weighted by Crippen LogP contribution is 2.28. The van der Waals surface area contributed by atoms with Crippen molar-refractivity contribution in [1.29, 1.82) is 0 Å². The summed E-state index contributed by atoms with van der Waals surface area (Å²) in [6.07, 6.45) is 1.86. The molecule has 0 spiro atoms. The van der Waals surface area contributed by atoms with Gasteiger partial charge in [0.15, 0.2) is 0 Å². The molecule has 0 saturated heterocycles. The first-order valence-corrected chi connectivity index (χ1v) is 6.70. The average Bonchev–Trinajstić information content (AvgIpc) is 2.47. The third-order valence-electron chi connectivity index (χ3n) is 3.52. The molecule has 2 aromatic carbocycles. The lowest BCUT2D eigenvalue weighted by Gasteiger charge is -2.09. The molecule has 0 unspecified atom stereocenters. The Morgan fingerprint density at radius 2 is 1.58 bits per heavy atom. The van der Waals surface area contributed by atoms with E-state index in [2.05, 4.69) is 67.4 Å². The third kappa shape index (κ3) is 2.24. The summed E-state index contributed by atoms with van der Waals surface area (Å²) in [6.45, 7) is 4.43. The molecule has 0 atom stereocenters. The van der Waals surface area contributed by atoms with Crippen molar-refractivity contribution in [3.63, 3.8) is 0 Å². The van der Waals surface area contributed by atoms with Gasteiger partial charge in [-0.2, -0.15) is 0 Å². The summed E-state index contributed by atoms with van der Waals surface area (Å²) >= 11 is 0. The van der Waals surface area contributed by atoms with E-state index in [9.17, 15) is 0 Å². The summed E-state index contributed by atoms with van der Waals surface area (Å²) in [6, 6.07) is 19.2. The standard InChI is InChI=1S/C18H17N/c1-13(2)14-8-10-15(11-9-14)17-7-3-5-16-6-4-12-19-18(16)17/h3-13H,1-2H3. The molecular weight excluding hydrogens is 230 g/mol. The smallest absolute Gasteiger partial charge is 0.0780 e. The molecule has 0 aliphatic heterocycles. The molecule has 0 aliphatic carbocycles. The zero-order valence-electron chi connectivity index (χ0n) is 11.3. The van der Waals surface area contributed by atoms with Crippen LogP contribution in [0.3, 0.4) is 0 Å². The second kappa shape index (κ2) is 4.85. The molecular formula is C18H17N. The van der Waals surface area contributed by atoms with Crippen molar-refractivity contribution in [2.24, 2.45) is 0 Å². The van der Waals surface area contributed by atoms with E-state index in [-0.39, 0.29) is 0 Å². The number of fused-ring (bicyclic) bond motifs is 1. The molecule has 0 amide bonds. The summed E-state index contributed by atoms with van der Waals surface area (Å²) < 4.78 is 0. The van der Waals surface area contributed by atoms with Gasteiger partial charge in [-0.05, 0) is 23.1 Å². The first kappa shape index (κ1) is 11.9. The summed E-state index contributed by atoms with van der Waals surface area (Å²) in [5.41, 5.74) is 4.88. The first-order chi connectivity index (χ1) is 9.25. The van der Waals surface area contributed by atoms with Gasteiger partial charge in [-0.3, -0.25) is 4.98 Å². The molecule has 1 nitrogen and oxygen atoms in total. The van der Waals surface area contributed by atoms with Crippen LogP contribution in [-0.4, -0.2) is 4.98 Å². The molecule has 0 fully saturated rings. The number of hydrogen-bond donors (Lipinski definition) is 0. The molecule has 0 bridgehead atoms. The van der Waals surface area contributed by atoms with Crippen molar-refractivity contribution >= 4 is 10.9 Å². The van der Waals surface area contributed by atoms with Gasteiger partial charge in [0.25, 0.3) is 0 Å². The van der Waals surface area contributed by atoms with Crippen LogP contribution in [-0.2, 0) is 0 Å². The largest absolute Gasteiger partial charge is 0.256 e. The predicted molar refractivity (Wildman–Crippen MR) is 81.3 cm³/mol. The number of benzene rings is 2. The number of nitrogens with zero attached hydrogens (tertiary/aromatic N) is 1. The highest BCUT2D eigenvalue weighted by atomic mass is 14.6. The van der Waals surface area contributed by atoms with E-state index in [0.29, 0.717) is 5.92 Å². The van der Waals surface area contributed by atoms with Crippen LogP contribution in [0.2, 0.25) is 0 Å². The van der Waals surface area contributed by atoms with Crippen LogP contribution in [0.5, 0.6) is 0 Å². The summed E-state index contributed by atoms with van der Waals surface area (Å²) in [5.74, 6) is 0.569. The predicted octanol–water partition coefficient (Wildman–Crippen LogP) is 5.03. The van der Waals surface area contributed by atoms with Crippen LogP contribution in [0.1, 0.15) is 25.3 Å². The molecule has 3 aromatic rings. The maximum atomic E-state index is 4.52. The SMILES string of the molecule is CC(C)c1ccc(-c2cccc3cccnc23)cc1. The maximum Gasteiger partial charge on any atom is 0.0780 e. The lowest BCUT2D eigenvalue weighted by atomic mass is 9.97. The van der Waals surface area contributed by atoms with Gasteiger partial charge in [0.2, 0.25) is 0 Å². The fourth-order valence-corrected chi connectivity index (χ4v) is 2.38. The highest BCUT2D eigenvalue weighted by molar-refractivity contribution is 5.93. The van der Waals surface area contributed by atoms with Gasteiger partial charge in [0.05, 0.1) is 5.52 Å². The molecule has 0 radical (unpaired) electrons. The highest BCUT2D eigenvalue weighted by Gasteiger charge is 2.05. The van der Waals surface area contributed by atoms with E-state index >= 15 is 0 Å². The van der Waals surface area contributed by atoms with Crippen LogP contribution >= 0.6 is 0 Å². The van der Waals surface area contributed by atoms with Crippen molar-refractivity contribution in [3.8, 4) is 11.1 Å². The normalized spacial score (nSPS) is 11.1. The third-order valence-corrected chi connectivity index (χ3v) is 3.52. The lowest BCUT2D eigenvalue weighted by Crippen LogP contribution is -1.88. The second-order valence-electron chi connectivity index (χ2n) is 5.16. The number of pyridine rings is 1. The van der Waals surface area contributed by atoms with E-state index in [1.807, 2.05) is 12.3 Å². The van der Waals surface area contributed by atoms with Gasteiger partial charge in [0.1, 0.15) is 0 Å². The minimum atomic E-state index is 0.569. The monoisotopic (exact) mass is 247 g/mol. The van der Waals surface area contributed by atoms with Crippen molar-refractivity contribution in [2.75, 3.05) is 0 Å². The van der Waals surface area contributed by atoms with E-state index in [4.69, 9.17) is 0 Å². The fraction of sp³-hybridized carbons (Fsp3) is 0.167. The summed E-state index contributed by atoms with van der Waals surface area (Å²) in [5, 5.41) is 1.19. The maximum absolute atomic E-state index is 4.52. The molecule has 0 saturated carbocycles. The van der Waals surface area contributed by atoms with E-state index in [1.54, 1.807) is 0 Å². The van der Waals surface area contributed by atoms with Crippen molar-refractivity contribution in [2.45, 2.75) is 19.8 Å². The van der Waals surface area contributed by atoms with Gasteiger partial charge in [-0.15, -0.1) is 0 Å². The molecule has 1 heteroatoms. The van der Waals surface area contributed by atoms with Gasteiger partial charge in [-0.25, -0.2) is 0 Å². The Morgan fingerprint density at radius 1 is 0.842 bits per heavy atom. The van der Waals surface area contributed by atoms with E-state index in [0.717, 1.165) is 5.52 Å². The first-order valence-electron chi connectivity index (χ1n) is 6.70. The van der Waals surface area contributed by atoms with Crippen molar-refractivity contribution in [3.05, 3.63) is 66.4 Å². The van der Waals surface area contributed by atoms with Gasteiger partial charge in [-0.1, -0.05) is 62.4 Å². The molecule has 0 N–H and O–H groups in total. The van der Waals surface area contributed by atoms with Gasteiger partial charge in [0, 0.05) is 17.1 Å². The molecule has 0 aliphatic rings. The topological polar surface area (TPSA) is 12.9 Å². The van der Waals surface area contributed by atoms with E-state index < -0.39 is 0 Å². The van der Waals surface area contributed by atoms with Crippen molar-refractivity contribution < 1.29 is 0 Å². The van der Waals surface area contributed by atoms with Crippen LogP contribution in [0.15, 0.2) is 60.8 Å². The van der Waals surface area contributed by atoms with Gasteiger partial charge < -0.3 is 0 Å². The number of rotatable bonds is 2. The molecule has 3 rings (SSSR count). The van der Waals surface area contributed by atoms with Crippen LogP contribution < -0.4 is 0 Å². The van der Waals surface area contributed by atoms with Crippen LogP contribution in [0.4, 0.5) is 0 Å². The Morgan fingerprint density at radius 3 is 2.32 bits per heavy atom. The van der Waals surface area contributed by atoms with Crippen LogP contribution in [0, 0.1) is 0 Å². The number of hydrogen-bond acceptors (Lipinski definition) is 1. The lowest BCUT2D eigenvalue weighted by molar-refractivity contribution is 0.867. The van der Waals surface area contributed by atoms with Crippen LogP contribution in [0.25, 0.3) is 22.0 Å². The minimum Gasteiger partial charge on any atom is -0.256 e. The minimum absolute atomic E-state index is 0.569. The quantitative estimate of drug-likeness (QED) is 0.619. The summed E-state index contributed by atoms with van der Waals surface area (Å²) in [4.78, 5) is 4.52. The second-order valence-corrected chi connectivity index (χ2v) is 5.16. The zero-order valence-corrected chi connectivity index (χ0v) is 11.3. The fourth-order valence-electron chi connectivity index (χ4n) is 2.38. The van der Waals surface area contributed by atoms with E-state index in [1.165, 1.54) is 22.1 Å². The Labute approximate surface area is 113 Å². The Hall–Kier alpha value is -2.15. The molecule has 19 heavy (non-hydrogen) atoms. The summed E-state index contributed by atoms with van der Waals surface area (Å²) in [7, 11) is 0. The average molecular weight is 247 g/mol. The Bertz CT molecular complexity index is 691. The molecule has 1 heterocycles. The van der Waals surface area contributed by atoms with Gasteiger partial charge >= 0.3 is 0 Å². The van der Waals surface area contributed by atoms with Crippen molar-refractivity contribution in [1.82, 2.24) is 4.98 Å². The Balaban J connectivity index is 2.14. The Kier molecular flexibility index (Phi) is 3.04. The number of aromatic nitrogens is 1. The number of para-hydroxylation sites is 1. The zero-order chi connectivity index (χ0) is 13.2.